The predicted molar refractivity (Wildman–Crippen MR) is 112 cm³/mol. The van der Waals surface area contributed by atoms with Crippen LogP contribution in [0.2, 0.25) is 0 Å². The number of rotatable bonds is 5. The Labute approximate surface area is 170 Å². The Balaban J connectivity index is 1.84. The van der Waals surface area contributed by atoms with Crippen LogP contribution in [0.1, 0.15) is 11.1 Å². The lowest BCUT2D eigenvalue weighted by atomic mass is 10.1. The summed E-state index contributed by atoms with van der Waals surface area (Å²) in [4.78, 5) is 18.0. The van der Waals surface area contributed by atoms with E-state index in [0.29, 0.717) is 38.1 Å². The lowest BCUT2D eigenvalue weighted by Crippen LogP contribution is -2.23. The van der Waals surface area contributed by atoms with Gasteiger partial charge in [-0.1, -0.05) is 35.6 Å². The Kier molecular flexibility index (Phi) is 4.94. The number of methoxy groups -OCH3 is 3. The summed E-state index contributed by atoms with van der Waals surface area (Å²) in [7, 11) is 4.68. The molecule has 0 aliphatic carbocycles. The molecule has 0 N–H and O–H groups in total. The molecule has 0 fully saturated rings. The highest BCUT2D eigenvalue weighted by Crippen LogP contribution is 2.35. The van der Waals surface area contributed by atoms with Crippen molar-refractivity contribution in [2.24, 2.45) is 0 Å². The molecule has 4 aromatic rings. The first kappa shape index (κ1) is 18.9. The van der Waals surface area contributed by atoms with Crippen molar-refractivity contribution in [3.05, 3.63) is 62.4 Å². The minimum atomic E-state index is -0.228. The van der Waals surface area contributed by atoms with Crippen LogP contribution in [0.4, 0.5) is 0 Å². The molecule has 0 spiro atoms. The van der Waals surface area contributed by atoms with Gasteiger partial charge in [0, 0.05) is 17.2 Å². The predicted octanol–water partition coefficient (Wildman–Crippen LogP) is 2.70. The van der Waals surface area contributed by atoms with E-state index in [1.165, 1.54) is 15.9 Å². The number of aromatic nitrogens is 3. The second-order valence-electron chi connectivity index (χ2n) is 6.31. The molecule has 4 rings (SSSR count). The monoisotopic (exact) mass is 409 g/mol. The molecule has 0 unspecified atom stereocenters. The fourth-order valence-corrected chi connectivity index (χ4v) is 3.98. The van der Waals surface area contributed by atoms with Crippen molar-refractivity contribution in [2.75, 3.05) is 21.3 Å². The van der Waals surface area contributed by atoms with Crippen molar-refractivity contribution in [2.45, 2.75) is 6.92 Å². The average Bonchev–Trinajstić information content (AvgIpc) is 3.27. The second-order valence-corrected chi connectivity index (χ2v) is 7.32. The quantitative estimate of drug-likeness (QED) is 0.505. The summed E-state index contributed by atoms with van der Waals surface area (Å²) in [6.07, 6.45) is 1.75. The number of fused-ring (bicyclic) bond motifs is 1. The molecule has 0 radical (unpaired) electrons. The first-order chi connectivity index (χ1) is 14.0. The van der Waals surface area contributed by atoms with E-state index >= 15 is 0 Å². The van der Waals surface area contributed by atoms with Gasteiger partial charge in [-0.25, -0.2) is 0 Å². The van der Waals surface area contributed by atoms with E-state index in [4.69, 9.17) is 14.2 Å². The fraction of sp³-hybridized carbons (Fsp3) is 0.190. The van der Waals surface area contributed by atoms with E-state index in [-0.39, 0.29) is 5.56 Å². The maximum Gasteiger partial charge on any atom is 0.291 e. The molecular formula is C21H19N3O4S. The SMILES string of the molecule is COc1cc(OC)c(OC)cc1/C=c1\sc2nc(-c3ccccc3C)nn2c1=O. The highest BCUT2D eigenvalue weighted by molar-refractivity contribution is 7.15. The Morgan fingerprint density at radius 2 is 1.69 bits per heavy atom. The van der Waals surface area contributed by atoms with E-state index in [0.717, 1.165) is 11.1 Å². The third-order valence-electron chi connectivity index (χ3n) is 4.59. The van der Waals surface area contributed by atoms with E-state index < -0.39 is 0 Å². The topological polar surface area (TPSA) is 74.9 Å². The van der Waals surface area contributed by atoms with Gasteiger partial charge in [-0.2, -0.15) is 9.50 Å². The Morgan fingerprint density at radius 1 is 1.00 bits per heavy atom. The molecule has 0 atom stereocenters. The molecule has 0 aliphatic rings. The molecular weight excluding hydrogens is 390 g/mol. The maximum atomic E-state index is 12.9. The molecule has 0 saturated heterocycles. The lowest BCUT2D eigenvalue weighted by Gasteiger charge is -2.11. The van der Waals surface area contributed by atoms with Crippen LogP contribution < -0.4 is 24.3 Å². The van der Waals surface area contributed by atoms with Gasteiger partial charge in [-0.3, -0.25) is 4.79 Å². The van der Waals surface area contributed by atoms with Crippen LogP contribution in [0, 0.1) is 6.92 Å². The molecule has 148 valence electrons. The van der Waals surface area contributed by atoms with Gasteiger partial charge in [0.2, 0.25) is 4.96 Å². The summed E-state index contributed by atoms with van der Waals surface area (Å²) >= 11 is 1.28. The van der Waals surface area contributed by atoms with Gasteiger partial charge in [0.25, 0.3) is 5.56 Å². The van der Waals surface area contributed by atoms with Gasteiger partial charge in [0.1, 0.15) is 5.75 Å². The molecule has 2 heterocycles. The van der Waals surface area contributed by atoms with Crippen LogP contribution in [-0.4, -0.2) is 35.9 Å². The number of hydrogen-bond donors (Lipinski definition) is 0. The summed E-state index contributed by atoms with van der Waals surface area (Å²) in [5, 5.41) is 4.42. The van der Waals surface area contributed by atoms with Gasteiger partial charge in [0.05, 0.1) is 25.9 Å². The number of aryl methyl sites for hydroxylation is 1. The second kappa shape index (κ2) is 7.56. The number of hydrogen-bond acceptors (Lipinski definition) is 7. The third-order valence-corrected chi connectivity index (χ3v) is 5.55. The van der Waals surface area contributed by atoms with Crippen molar-refractivity contribution in [3.8, 4) is 28.6 Å². The summed E-state index contributed by atoms with van der Waals surface area (Å²) in [5.74, 6) is 2.21. The average molecular weight is 409 g/mol. The van der Waals surface area contributed by atoms with Crippen molar-refractivity contribution in [1.82, 2.24) is 14.6 Å². The van der Waals surface area contributed by atoms with Crippen LogP contribution >= 0.6 is 11.3 Å². The highest BCUT2D eigenvalue weighted by Gasteiger charge is 2.15. The van der Waals surface area contributed by atoms with Crippen LogP contribution in [0.25, 0.3) is 22.4 Å². The first-order valence-corrected chi connectivity index (χ1v) is 9.64. The zero-order valence-corrected chi connectivity index (χ0v) is 17.2. The minimum Gasteiger partial charge on any atom is -0.496 e. The van der Waals surface area contributed by atoms with E-state index in [1.54, 1.807) is 39.5 Å². The zero-order valence-electron chi connectivity index (χ0n) is 16.4. The van der Waals surface area contributed by atoms with Crippen LogP contribution in [0.3, 0.4) is 0 Å². The summed E-state index contributed by atoms with van der Waals surface area (Å²) in [5.41, 5.74) is 2.44. The normalized spacial score (nSPS) is 11.8. The van der Waals surface area contributed by atoms with Gasteiger partial charge in [0.15, 0.2) is 17.3 Å². The van der Waals surface area contributed by atoms with Crippen LogP contribution in [0.5, 0.6) is 17.2 Å². The number of ether oxygens (including phenoxy) is 3. The van der Waals surface area contributed by atoms with Crippen molar-refractivity contribution in [1.29, 1.82) is 0 Å². The Morgan fingerprint density at radius 3 is 2.34 bits per heavy atom. The standard InChI is InChI=1S/C21H19N3O4S/c1-12-7-5-6-8-14(12)19-22-21-24(23-19)20(25)18(29-21)10-13-9-16(27-3)17(28-4)11-15(13)26-2/h5-11H,1-4H3/b18-10-. The molecule has 7 nitrogen and oxygen atoms in total. The van der Waals surface area contributed by atoms with Crippen molar-refractivity contribution >= 4 is 22.4 Å². The van der Waals surface area contributed by atoms with Gasteiger partial charge < -0.3 is 14.2 Å². The van der Waals surface area contributed by atoms with E-state index in [2.05, 4.69) is 10.1 Å². The summed E-state index contributed by atoms with van der Waals surface area (Å²) in [6.45, 7) is 1.99. The van der Waals surface area contributed by atoms with Crippen LogP contribution in [-0.2, 0) is 0 Å². The van der Waals surface area contributed by atoms with E-state index in [1.807, 2.05) is 31.2 Å². The van der Waals surface area contributed by atoms with Gasteiger partial charge >= 0.3 is 0 Å². The molecule has 29 heavy (non-hydrogen) atoms. The van der Waals surface area contributed by atoms with Gasteiger partial charge in [-0.05, 0) is 24.6 Å². The number of nitrogens with zero attached hydrogens (tertiary/aromatic N) is 3. The smallest absolute Gasteiger partial charge is 0.291 e. The molecule has 0 bridgehead atoms. The summed E-state index contributed by atoms with van der Waals surface area (Å²) in [6, 6.07) is 11.3. The van der Waals surface area contributed by atoms with Crippen molar-refractivity contribution in [3.63, 3.8) is 0 Å². The molecule has 8 heteroatoms. The summed E-state index contributed by atoms with van der Waals surface area (Å²) < 4.78 is 17.9. The molecule has 0 amide bonds. The lowest BCUT2D eigenvalue weighted by molar-refractivity contribution is 0.348. The fourth-order valence-electron chi connectivity index (χ4n) is 3.08. The minimum absolute atomic E-state index is 0.228. The third kappa shape index (κ3) is 3.31. The molecule has 2 aromatic carbocycles. The first-order valence-electron chi connectivity index (χ1n) is 8.83. The molecule has 0 aliphatic heterocycles. The van der Waals surface area contributed by atoms with Crippen LogP contribution in [0.15, 0.2) is 41.2 Å². The number of thiazole rings is 1. The maximum absolute atomic E-state index is 12.9. The Bertz CT molecular complexity index is 1310. The molecule has 0 saturated carbocycles. The number of benzene rings is 2. The largest absolute Gasteiger partial charge is 0.496 e. The Hall–Kier alpha value is -3.39. The van der Waals surface area contributed by atoms with Crippen molar-refractivity contribution < 1.29 is 14.2 Å². The zero-order chi connectivity index (χ0) is 20.5. The van der Waals surface area contributed by atoms with E-state index in [9.17, 15) is 4.79 Å². The molecule has 2 aromatic heterocycles. The highest BCUT2D eigenvalue weighted by atomic mass is 32.1. The van der Waals surface area contributed by atoms with Gasteiger partial charge in [-0.15, -0.1) is 5.10 Å².